The van der Waals surface area contributed by atoms with E-state index in [1.54, 1.807) is 60.3 Å². The highest BCUT2D eigenvalue weighted by atomic mass is 16.5. The maximum absolute atomic E-state index is 12.3. The Morgan fingerprint density at radius 2 is 1.84 bits per heavy atom. The third kappa shape index (κ3) is 5.48. The van der Waals surface area contributed by atoms with Gasteiger partial charge in [-0.15, -0.1) is 5.10 Å². The molecule has 0 aliphatic rings. The van der Waals surface area contributed by atoms with Crippen LogP contribution in [0.3, 0.4) is 0 Å². The molecule has 2 aromatic carbocycles. The predicted octanol–water partition coefficient (Wildman–Crippen LogP) is 6.71. The number of aromatic nitrogens is 8. The number of furan rings is 1. The number of aryl methyl sites for hydroxylation is 1. The number of nitrogen functional groups attached to an aromatic ring is 1. The SMILES string of the molecule is CCOC(=O)c1cccc(-c2cccc(Oc3ccc4c(c3)nnn4-c3nc(N)nc(-c4ccco4)c3-c3ccc4ncc(C)n4c3)n2)c1. The van der Waals surface area contributed by atoms with E-state index < -0.39 is 0 Å². The Hall–Kier alpha value is -6.89. The highest BCUT2D eigenvalue weighted by Gasteiger charge is 2.23. The van der Waals surface area contributed by atoms with E-state index in [-0.39, 0.29) is 11.9 Å². The molecule has 2 N–H and O–H groups in total. The highest BCUT2D eigenvalue weighted by molar-refractivity contribution is 5.91. The second kappa shape index (κ2) is 12.0. The second-order valence-electron chi connectivity index (χ2n) is 11.1. The molecule has 0 amide bonds. The van der Waals surface area contributed by atoms with E-state index in [0.29, 0.717) is 63.4 Å². The van der Waals surface area contributed by atoms with E-state index in [4.69, 9.17) is 19.6 Å². The number of fused-ring (bicyclic) bond motifs is 2. The molecule has 0 atom stereocenters. The molecule has 13 heteroatoms. The first-order chi connectivity index (χ1) is 23.9. The van der Waals surface area contributed by atoms with Gasteiger partial charge < -0.3 is 24.0 Å². The minimum Gasteiger partial charge on any atom is -0.463 e. The molecule has 8 aromatic rings. The molecule has 6 heterocycles. The summed E-state index contributed by atoms with van der Waals surface area (Å²) < 4.78 is 20.7. The summed E-state index contributed by atoms with van der Waals surface area (Å²) in [6.07, 6.45) is 5.37. The summed E-state index contributed by atoms with van der Waals surface area (Å²) in [5, 5.41) is 8.93. The van der Waals surface area contributed by atoms with Crippen LogP contribution < -0.4 is 10.5 Å². The first-order valence-electron chi connectivity index (χ1n) is 15.4. The Bertz CT molecular complexity index is 2500. The van der Waals surface area contributed by atoms with Gasteiger partial charge in [-0.2, -0.15) is 9.67 Å². The van der Waals surface area contributed by atoms with Gasteiger partial charge in [0.1, 0.15) is 22.6 Å². The summed E-state index contributed by atoms with van der Waals surface area (Å²) in [6.45, 7) is 4.05. The lowest BCUT2D eigenvalue weighted by Gasteiger charge is -2.14. The lowest BCUT2D eigenvalue weighted by atomic mass is 10.0. The van der Waals surface area contributed by atoms with Crippen molar-refractivity contribution in [3.05, 3.63) is 115 Å². The van der Waals surface area contributed by atoms with Crippen molar-refractivity contribution in [1.29, 1.82) is 0 Å². The molecule has 8 rings (SSSR count). The third-order valence-electron chi connectivity index (χ3n) is 7.87. The number of rotatable bonds is 8. The summed E-state index contributed by atoms with van der Waals surface area (Å²) in [6, 6.07) is 25.5. The van der Waals surface area contributed by atoms with Crippen molar-refractivity contribution in [2.24, 2.45) is 0 Å². The Balaban J connectivity index is 1.17. The van der Waals surface area contributed by atoms with Gasteiger partial charge in [-0.25, -0.2) is 19.7 Å². The Labute approximate surface area is 278 Å². The quantitative estimate of drug-likeness (QED) is 0.174. The zero-order chi connectivity index (χ0) is 33.5. The number of imidazole rings is 1. The normalized spacial score (nSPS) is 11.3. The highest BCUT2D eigenvalue weighted by Crippen LogP contribution is 2.37. The Morgan fingerprint density at radius 1 is 0.939 bits per heavy atom. The van der Waals surface area contributed by atoms with Crippen molar-refractivity contribution in [2.75, 3.05) is 12.3 Å². The smallest absolute Gasteiger partial charge is 0.338 e. The number of anilines is 1. The van der Waals surface area contributed by atoms with Crippen molar-refractivity contribution in [1.82, 2.24) is 39.3 Å². The third-order valence-corrected chi connectivity index (χ3v) is 7.87. The van der Waals surface area contributed by atoms with Gasteiger partial charge in [0.15, 0.2) is 11.6 Å². The zero-order valence-corrected chi connectivity index (χ0v) is 26.3. The van der Waals surface area contributed by atoms with E-state index in [1.165, 1.54) is 0 Å². The van der Waals surface area contributed by atoms with Crippen molar-refractivity contribution >= 4 is 28.6 Å². The number of ether oxygens (including phenoxy) is 2. The monoisotopic (exact) mass is 649 g/mol. The van der Waals surface area contributed by atoms with Crippen LogP contribution in [0.4, 0.5) is 5.95 Å². The molecule has 0 saturated carbocycles. The molecule has 0 bridgehead atoms. The van der Waals surface area contributed by atoms with Crippen LogP contribution in [-0.4, -0.2) is 51.9 Å². The molecule has 49 heavy (non-hydrogen) atoms. The van der Waals surface area contributed by atoms with Crippen LogP contribution in [0.25, 0.3) is 56.3 Å². The number of hydrogen-bond acceptors (Lipinski definition) is 11. The number of nitrogens with two attached hydrogens (primary N) is 1. The molecular formula is C36H27N9O4. The number of esters is 1. The molecule has 0 radical (unpaired) electrons. The van der Waals surface area contributed by atoms with Crippen LogP contribution >= 0.6 is 0 Å². The minimum absolute atomic E-state index is 0.0485. The van der Waals surface area contributed by atoms with Gasteiger partial charge in [0, 0.05) is 41.3 Å². The lowest BCUT2D eigenvalue weighted by Crippen LogP contribution is -2.09. The minimum atomic E-state index is -0.388. The first kappa shape index (κ1) is 29.5. The fraction of sp³-hybridized carbons (Fsp3) is 0.0833. The number of nitrogens with zero attached hydrogens (tertiary/aromatic N) is 8. The maximum Gasteiger partial charge on any atom is 0.338 e. The van der Waals surface area contributed by atoms with Crippen molar-refractivity contribution in [3.8, 4) is 51.3 Å². The Morgan fingerprint density at radius 3 is 2.69 bits per heavy atom. The molecule has 0 aliphatic heterocycles. The van der Waals surface area contributed by atoms with Gasteiger partial charge in [-0.05, 0) is 68.4 Å². The van der Waals surface area contributed by atoms with Crippen LogP contribution in [0.2, 0.25) is 0 Å². The molecule has 0 saturated heterocycles. The topological polar surface area (TPSA) is 161 Å². The molecule has 240 valence electrons. The van der Waals surface area contributed by atoms with Crippen LogP contribution in [0.15, 0.2) is 108 Å². The molecular weight excluding hydrogens is 622 g/mol. The van der Waals surface area contributed by atoms with Crippen molar-refractivity contribution < 1.29 is 18.7 Å². The predicted molar refractivity (Wildman–Crippen MR) is 181 cm³/mol. The van der Waals surface area contributed by atoms with Gasteiger partial charge in [0.2, 0.25) is 11.8 Å². The van der Waals surface area contributed by atoms with Gasteiger partial charge in [0.05, 0.1) is 35.2 Å². The molecule has 6 aromatic heterocycles. The van der Waals surface area contributed by atoms with E-state index >= 15 is 0 Å². The summed E-state index contributed by atoms with van der Waals surface area (Å²) in [7, 11) is 0. The standard InChI is InChI=1S/C36H27N9O4/c1-3-47-35(46)23-8-4-7-22(17-23)26-9-5-11-31(39-26)49-25-13-14-28-27(18-25)42-43-45(28)34-32(24-12-15-30-38-19-21(2)44(30)20-24)33(40-36(37)41-34)29-10-6-16-48-29/h4-20H,3H2,1-2H3,(H2,37,40,41). The number of benzene rings is 2. The van der Waals surface area contributed by atoms with Gasteiger partial charge >= 0.3 is 5.97 Å². The van der Waals surface area contributed by atoms with Gasteiger partial charge in [-0.3, -0.25) is 0 Å². The van der Waals surface area contributed by atoms with E-state index in [2.05, 4.69) is 30.2 Å². The van der Waals surface area contributed by atoms with E-state index in [0.717, 1.165) is 22.5 Å². The fourth-order valence-corrected chi connectivity index (χ4v) is 5.62. The molecule has 0 aliphatic carbocycles. The van der Waals surface area contributed by atoms with Crippen molar-refractivity contribution in [2.45, 2.75) is 13.8 Å². The molecule has 0 unspecified atom stereocenters. The van der Waals surface area contributed by atoms with Gasteiger partial charge in [0.25, 0.3) is 0 Å². The molecule has 0 spiro atoms. The average molecular weight is 650 g/mol. The summed E-state index contributed by atoms with van der Waals surface area (Å²) >= 11 is 0. The zero-order valence-electron chi connectivity index (χ0n) is 26.3. The summed E-state index contributed by atoms with van der Waals surface area (Å²) in [5.74, 6) is 1.48. The summed E-state index contributed by atoms with van der Waals surface area (Å²) in [5.41, 5.74) is 13.1. The van der Waals surface area contributed by atoms with Crippen LogP contribution in [-0.2, 0) is 4.74 Å². The number of hydrogen-bond donors (Lipinski definition) is 1. The fourth-order valence-electron chi connectivity index (χ4n) is 5.62. The van der Waals surface area contributed by atoms with Crippen molar-refractivity contribution in [3.63, 3.8) is 0 Å². The molecule has 0 fully saturated rings. The number of carbonyl (C=O) groups is 1. The lowest BCUT2D eigenvalue weighted by molar-refractivity contribution is 0.0526. The van der Waals surface area contributed by atoms with Crippen LogP contribution in [0.5, 0.6) is 11.6 Å². The average Bonchev–Trinajstić information content (AvgIpc) is 3.89. The second-order valence-corrected chi connectivity index (χ2v) is 11.1. The van der Waals surface area contributed by atoms with Gasteiger partial charge in [-0.1, -0.05) is 23.4 Å². The maximum atomic E-state index is 12.3. The first-order valence-corrected chi connectivity index (χ1v) is 15.4. The van der Waals surface area contributed by atoms with Crippen LogP contribution in [0, 0.1) is 6.92 Å². The van der Waals surface area contributed by atoms with Crippen LogP contribution in [0.1, 0.15) is 23.0 Å². The largest absolute Gasteiger partial charge is 0.463 e. The molecule has 13 nitrogen and oxygen atoms in total. The number of carbonyl (C=O) groups excluding carboxylic acids is 1. The van der Waals surface area contributed by atoms with E-state index in [1.807, 2.05) is 66.2 Å². The summed E-state index contributed by atoms with van der Waals surface area (Å²) in [4.78, 5) is 30.6. The Kier molecular flexibility index (Phi) is 7.25. The number of pyridine rings is 2. The van der Waals surface area contributed by atoms with E-state index in [9.17, 15) is 4.79 Å².